The summed E-state index contributed by atoms with van der Waals surface area (Å²) in [6.45, 7) is 4.38. The van der Waals surface area contributed by atoms with Crippen molar-refractivity contribution in [3.05, 3.63) is 72.9 Å². The Morgan fingerprint density at radius 3 is 1.50 bits per heavy atom. The third-order valence-corrected chi connectivity index (χ3v) is 6.93. The van der Waals surface area contributed by atoms with Gasteiger partial charge in [0.25, 0.3) is 0 Å². The number of unbranched alkanes of at least 4 members (excludes halogenated alkanes) is 10. The number of carbonyl (C=O) groups excluding carboxylic acids is 1. The van der Waals surface area contributed by atoms with Gasteiger partial charge in [-0.05, 0) is 70.6 Å². The first kappa shape index (κ1) is 39.4. The second-order valence-electron chi connectivity index (χ2n) is 11.0. The summed E-state index contributed by atoms with van der Waals surface area (Å²) in [6.07, 6.45) is 46.3. The predicted molar refractivity (Wildman–Crippen MR) is 181 cm³/mol. The van der Waals surface area contributed by atoms with Crippen molar-refractivity contribution in [2.75, 3.05) is 0 Å². The van der Waals surface area contributed by atoms with E-state index in [9.17, 15) is 14.7 Å². The summed E-state index contributed by atoms with van der Waals surface area (Å²) in [7, 11) is 0. The normalized spacial score (nSPS) is 13.2. The van der Waals surface area contributed by atoms with E-state index in [1.54, 1.807) is 0 Å². The minimum atomic E-state index is -0.902. The molecule has 238 valence electrons. The molecule has 0 aliphatic carbocycles. The summed E-state index contributed by atoms with van der Waals surface area (Å²) >= 11 is 0. The van der Waals surface area contributed by atoms with Crippen LogP contribution < -0.4 is 0 Å². The van der Waals surface area contributed by atoms with Crippen molar-refractivity contribution in [1.82, 2.24) is 0 Å². The highest BCUT2D eigenvalue weighted by Gasteiger charge is 2.17. The summed E-state index contributed by atoms with van der Waals surface area (Å²) in [5.41, 5.74) is 0. The van der Waals surface area contributed by atoms with E-state index in [-0.39, 0.29) is 12.4 Å². The van der Waals surface area contributed by atoms with Crippen LogP contribution in [0.1, 0.15) is 149 Å². The fourth-order valence-corrected chi connectivity index (χ4v) is 4.50. The molecule has 0 aromatic carbocycles. The average Bonchev–Trinajstić information content (AvgIpc) is 2.96. The number of hydrogen-bond donors (Lipinski definition) is 1. The lowest BCUT2D eigenvalue weighted by Gasteiger charge is -2.16. The number of aliphatic carboxylic acids is 1. The Labute approximate surface area is 258 Å². The molecular weight excluding hydrogens is 520 g/mol. The van der Waals surface area contributed by atoms with Gasteiger partial charge in [-0.25, -0.2) is 0 Å². The molecule has 0 saturated heterocycles. The summed E-state index contributed by atoms with van der Waals surface area (Å²) in [4.78, 5) is 23.4. The zero-order chi connectivity index (χ0) is 30.8. The van der Waals surface area contributed by atoms with Crippen molar-refractivity contribution in [3.8, 4) is 0 Å². The zero-order valence-corrected chi connectivity index (χ0v) is 27.0. The van der Waals surface area contributed by atoms with Crippen LogP contribution in [0.15, 0.2) is 72.9 Å². The summed E-state index contributed by atoms with van der Waals surface area (Å²) < 4.78 is 5.52. The number of carbonyl (C=O) groups is 2. The summed E-state index contributed by atoms with van der Waals surface area (Å²) in [6, 6.07) is 0. The molecule has 0 aromatic rings. The van der Waals surface area contributed by atoms with Gasteiger partial charge in [0.2, 0.25) is 0 Å². The molecule has 1 atom stereocenters. The first-order chi connectivity index (χ1) is 20.6. The number of rotatable bonds is 29. The fraction of sp³-hybridized carbons (Fsp3) is 0.632. The van der Waals surface area contributed by atoms with Crippen LogP contribution in [0.4, 0.5) is 0 Å². The first-order valence-electron chi connectivity index (χ1n) is 16.9. The molecular formula is C38H62O4. The Morgan fingerprint density at radius 1 is 0.571 bits per heavy atom. The highest BCUT2D eigenvalue weighted by Crippen LogP contribution is 2.15. The second kappa shape index (κ2) is 32.9. The largest absolute Gasteiger partial charge is 0.481 e. The lowest BCUT2D eigenvalue weighted by atomic mass is 10.0. The summed E-state index contributed by atoms with van der Waals surface area (Å²) in [5, 5.41) is 9.18. The topological polar surface area (TPSA) is 63.6 Å². The van der Waals surface area contributed by atoms with E-state index in [2.05, 4.69) is 86.8 Å². The Balaban J connectivity index is 3.82. The van der Waals surface area contributed by atoms with Gasteiger partial charge < -0.3 is 9.84 Å². The number of carboxylic acid groups (broad SMARTS) is 1. The maximum Gasteiger partial charge on any atom is 0.307 e. The molecule has 0 fully saturated rings. The van der Waals surface area contributed by atoms with Crippen molar-refractivity contribution in [2.45, 2.75) is 155 Å². The minimum Gasteiger partial charge on any atom is -0.481 e. The van der Waals surface area contributed by atoms with Gasteiger partial charge in [-0.15, -0.1) is 0 Å². The van der Waals surface area contributed by atoms with Crippen molar-refractivity contribution in [2.24, 2.45) is 0 Å². The van der Waals surface area contributed by atoms with E-state index < -0.39 is 12.1 Å². The van der Waals surface area contributed by atoms with Gasteiger partial charge in [-0.3, -0.25) is 9.59 Å². The molecule has 0 spiro atoms. The molecule has 0 heterocycles. The van der Waals surface area contributed by atoms with Crippen LogP contribution in [0.2, 0.25) is 0 Å². The molecule has 1 N–H and O–H groups in total. The molecule has 4 heteroatoms. The molecule has 0 radical (unpaired) electrons. The molecule has 1 unspecified atom stereocenters. The van der Waals surface area contributed by atoms with Gasteiger partial charge in [0.1, 0.15) is 6.10 Å². The predicted octanol–water partition coefficient (Wildman–Crippen LogP) is 11.6. The molecule has 0 aromatic heterocycles. The maximum atomic E-state index is 12.2. The molecule has 0 aliphatic heterocycles. The van der Waals surface area contributed by atoms with Crippen molar-refractivity contribution < 1.29 is 19.4 Å². The van der Waals surface area contributed by atoms with Crippen LogP contribution in [-0.4, -0.2) is 23.1 Å². The van der Waals surface area contributed by atoms with E-state index in [0.717, 1.165) is 70.6 Å². The standard InChI is InChI=1S/C38H62O4/c1-3-5-7-9-11-13-14-15-16-17-18-19-20-21-22-23-24-26-28-30-32-34-38(41)42-36(35-37(39)40)33-31-29-27-25-12-10-8-6-4-2/h5,7,11,13,15-16,18-19,21-22,24,26,36H,3-4,6,8-10,12,14,17,20,23,25,27-35H2,1-2H3,(H,39,40)/b7-5-,13-11-,16-15-,19-18-,22-21-,26-24-. The Bertz CT molecular complexity index is 800. The van der Waals surface area contributed by atoms with Crippen LogP contribution in [0, 0.1) is 0 Å². The third kappa shape index (κ3) is 31.9. The maximum absolute atomic E-state index is 12.2. The SMILES string of the molecule is CC/C=C\C/C=C\C/C=C\C/C=C\C/C=C\C/C=C\CCCCC(=O)OC(CCCCCCCCCCC)CC(=O)O. The Hall–Kier alpha value is -2.62. The van der Waals surface area contributed by atoms with Crippen LogP contribution in [0.3, 0.4) is 0 Å². The molecule has 0 aliphatic rings. The molecule has 0 saturated carbocycles. The number of esters is 1. The smallest absolute Gasteiger partial charge is 0.307 e. The van der Waals surface area contributed by atoms with Crippen molar-refractivity contribution in [1.29, 1.82) is 0 Å². The van der Waals surface area contributed by atoms with E-state index in [0.29, 0.717) is 12.8 Å². The molecule has 0 amide bonds. The van der Waals surface area contributed by atoms with Gasteiger partial charge >= 0.3 is 11.9 Å². The molecule has 42 heavy (non-hydrogen) atoms. The first-order valence-corrected chi connectivity index (χ1v) is 16.9. The van der Waals surface area contributed by atoms with Gasteiger partial charge in [0.15, 0.2) is 0 Å². The van der Waals surface area contributed by atoms with Crippen molar-refractivity contribution >= 4 is 11.9 Å². The van der Waals surface area contributed by atoms with E-state index in [4.69, 9.17) is 4.74 Å². The van der Waals surface area contributed by atoms with E-state index in [1.165, 1.54) is 44.9 Å². The number of allylic oxidation sites excluding steroid dienone is 12. The minimum absolute atomic E-state index is 0.0959. The zero-order valence-electron chi connectivity index (χ0n) is 27.0. The van der Waals surface area contributed by atoms with Crippen LogP contribution in [0.5, 0.6) is 0 Å². The fourth-order valence-electron chi connectivity index (χ4n) is 4.50. The molecule has 0 bridgehead atoms. The van der Waals surface area contributed by atoms with Gasteiger partial charge in [-0.2, -0.15) is 0 Å². The Kier molecular flexibility index (Phi) is 30.8. The number of ether oxygens (including phenoxy) is 1. The van der Waals surface area contributed by atoms with Gasteiger partial charge in [-0.1, -0.05) is 138 Å². The average molecular weight is 583 g/mol. The van der Waals surface area contributed by atoms with E-state index in [1.807, 2.05) is 0 Å². The van der Waals surface area contributed by atoms with Gasteiger partial charge in [0, 0.05) is 6.42 Å². The van der Waals surface area contributed by atoms with Crippen molar-refractivity contribution in [3.63, 3.8) is 0 Å². The monoisotopic (exact) mass is 582 g/mol. The Morgan fingerprint density at radius 2 is 1.02 bits per heavy atom. The third-order valence-electron chi connectivity index (χ3n) is 6.93. The summed E-state index contributed by atoms with van der Waals surface area (Å²) in [5.74, 6) is -1.17. The van der Waals surface area contributed by atoms with E-state index >= 15 is 0 Å². The van der Waals surface area contributed by atoms with Crippen LogP contribution in [-0.2, 0) is 14.3 Å². The van der Waals surface area contributed by atoms with Crippen LogP contribution >= 0.6 is 0 Å². The highest BCUT2D eigenvalue weighted by molar-refractivity contribution is 5.71. The van der Waals surface area contributed by atoms with Crippen LogP contribution in [0.25, 0.3) is 0 Å². The quantitative estimate of drug-likeness (QED) is 0.0541. The van der Waals surface area contributed by atoms with Gasteiger partial charge in [0.05, 0.1) is 6.42 Å². The number of carboxylic acids is 1. The highest BCUT2D eigenvalue weighted by atomic mass is 16.5. The second-order valence-corrected chi connectivity index (χ2v) is 11.0. The lowest BCUT2D eigenvalue weighted by Crippen LogP contribution is -2.21. The molecule has 4 nitrogen and oxygen atoms in total. The molecule has 0 rings (SSSR count). The number of hydrogen-bond acceptors (Lipinski definition) is 3. The lowest BCUT2D eigenvalue weighted by molar-refractivity contribution is -0.153.